The van der Waals surface area contributed by atoms with E-state index in [0.29, 0.717) is 0 Å². The Morgan fingerprint density at radius 3 is 2.48 bits per heavy atom. The number of aromatic hydroxyl groups is 1. The fourth-order valence-electron chi connectivity index (χ4n) is 2.30. The van der Waals surface area contributed by atoms with Gasteiger partial charge in [-0.2, -0.15) is 0 Å². The molecule has 1 fully saturated rings. The van der Waals surface area contributed by atoms with Crippen molar-refractivity contribution in [1.82, 2.24) is 10.2 Å². The Labute approximate surface area is 119 Å². The smallest absolute Gasteiger partial charge is 0.328 e. The van der Waals surface area contributed by atoms with Crippen LogP contribution in [0.3, 0.4) is 0 Å². The number of aliphatic carboxylic acids is 2. The molecule has 1 amide bonds. The van der Waals surface area contributed by atoms with Crippen LogP contribution in [-0.4, -0.2) is 63.2 Å². The molecule has 2 unspecified atom stereocenters. The third kappa shape index (κ3) is 2.95. The summed E-state index contributed by atoms with van der Waals surface area (Å²) in [4.78, 5) is 35.8. The van der Waals surface area contributed by atoms with E-state index in [-0.39, 0.29) is 24.4 Å². The lowest BCUT2D eigenvalue weighted by Gasteiger charge is -2.37. The van der Waals surface area contributed by atoms with E-state index in [0.717, 1.165) is 4.90 Å². The first-order valence-electron chi connectivity index (χ1n) is 6.21. The summed E-state index contributed by atoms with van der Waals surface area (Å²) in [6.45, 7) is 0.237. The Bertz CT molecular complexity index is 588. The summed E-state index contributed by atoms with van der Waals surface area (Å²) in [6, 6.07) is 2.58. The maximum absolute atomic E-state index is 12.4. The highest BCUT2D eigenvalue weighted by Crippen LogP contribution is 2.18. The Kier molecular flexibility index (Phi) is 4.08. The molecule has 1 aromatic carbocycles. The molecule has 4 N–H and O–H groups in total. The standard InChI is InChI=1S/C13H14N2O6/c16-8-3-1-2-7(6-8)11(17)15-5-4-14-9(12(18)19)10(15)13(20)21/h1-3,6,9-10,14,16H,4-5H2,(H,18,19)(H,20,21). The molecule has 1 saturated heterocycles. The van der Waals surface area contributed by atoms with Crippen LogP contribution in [0.1, 0.15) is 10.4 Å². The summed E-state index contributed by atoms with van der Waals surface area (Å²) < 4.78 is 0. The van der Waals surface area contributed by atoms with Gasteiger partial charge in [0.2, 0.25) is 0 Å². The molecule has 0 spiro atoms. The van der Waals surface area contributed by atoms with Crippen LogP contribution in [0.25, 0.3) is 0 Å². The van der Waals surface area contributed by atoms with Gasteiger partial charge in [-0.25, -0.2) is 4.79 Å². The number of carboxylic acid groups (broad SMARTS) is 2. The number of carboxylic acids is 2. The molecule has 21 heavy (non-hydrogen) atoms. The lowest BCUT2D eigenvalue weighted by Crippen LogP contribution is -2.65. The number of rotatable bonds is 3. The lowest BCUT2D eigenvalue weighted by molar-refractivity contribution is -0.152. The van der Waals surface area contributed by atoms with Crippen molar-refractivity contribution in [2.45, 2.75) is 12.1 Å². The average Bonchev–Trinajstić information content (AvgIpc) is 2.45. The maximum Gasteiger partial charge on any atom is 0.328 e. The van der Waals surface area contributed by atoms with Crippen molar-refractivity contribution < 1.29 is 29.7 Å². The van der Waals surface area contributed by atoms with Crippen molar-refractivity contribution in [2.24, 2.45) is 0 Å². The van der Waals surface area contributed by atoms with E-state index < -0.39 is 29.9 Å². The van der Waals surface area contributed by atoms with Crippen LogP contribution in [0, 0.1) is 0 Å². The third-order valence-corrected chi connectivity index (χ3v) is 3.24. The maximum atomic E-state index is 12.4. The average molecular weight is 294 g/mol. The van der Waals surface area contributed by atoms with Gasteiger partial charge in [0.1, 0.15) is 11.8 Å². The van der Waals surface area contributed by atoms with Crippen LogP contribution in [0.15, 0.2) is 24.3 Å². The van der Waals surface area contributed by atoms with Gasteiger partial charge in [0.25, 0.3) is 5.91 Å². The van der Waals surface area contributed by atoms with Gasteiger partial charge < -0.3 is 25.5 Å². The third-order valence-electron chi connectivity index (χ3n) is 3.24. The zero-order chi connectivity index (χ0) is 15.6. The predicted octanol–water partition coefficient (Wildman–Crippen LogP) is -0.656. The summed E-state index contributed by atoms with van der Waals surface area (Å²) in [5, 5.41) is 30.3. The van der Waals surface area contributed by atoms with E-state index in [1.54, 1.807) is 0 Å². The largest absolute Gasteiger partial charge is 0.508 e. The molecule has 8 nitrogen and oxygen atoms in total. The number of carbonyl (C=O) groups is 3. The highest BCUT2D eigenvalue weighted by Gasteiger charge is 2.43. The second-order valence-corrected chi connectivity index (χ2v) is 4.60. The summed E-state index contributed by atoms with van der Waals surface area (Å²) in [5.41, 5.74) is 0.104. The Hall–Kier alpha value is -2.61. The minimum absolute atomic E-state index is 0.0647. The molecule has 0 aromatic heterocycles. The minimum atomic E-state index is -1.51. The van der Waals surface area contributed by atoms with Crippen molar-refractivity contribution in [1.29, 1.82) is 0 Å². The fraction of sp³-hybridized carbons (Fsp3) is 0.308. The molecule has 0 saturated carbocycles. The van der Waals surface area contributed by atoms with Crippen molar-refractivity contribution in [3.8, 4) is 5.75 Å². The van der Waals surface area contributed by atoms with Crippen molar-refractivity contribution in [3.05, 3.63) is 29.8 Å². The molecular weight excluding hydrogens is 280 g/mol. The SMILES string of the molecule is O=C(O)C1NCCN(C(=O)c2cccc(O)c2)C1C(=O)O. The van der Waals surface area contributed by atoms with Crippen LogP contribution in [0.2, 0.25) is 0 Å². The number of carbonyl (C=O) groups excluding carboxylic acids is 1. The Morgan fingerprint density at radius 1 is 1.19 bits per heavy atom. The van der Waals surface area contributed by atoms with Gasteiger partial charge in [0, 0.05) is 18.7 Å². The van der Waals surface area contributed by atoms with Gasteiger partial charge in [-0.05, 0) is 18.2 Å². The molecule has 1 aliphatic rings. The molecule has 1 aliphatic heterocycles. The quantitative estimate of drug-likeness (QED) is 0.583. The second-order valence-electron chi connectivity index (χ2n) is 4.60. The number of hydrogen-bond acceptors (Lipinski definition) is 5. The fourth-order valence-corrected chi connectivity index (χ4v) is 2.30. The second kappa shape index (κ2) is 5.80. The summed E-state index contributed by atoms with van der Waals surface area (Å²) >= 11 is 0. The number of nitrogens with one attached hydrogen (secondary N) is 1. The number of piperazine rings is 1. The summed E-state index contributed by atoms with van der Waals surface area (Å²) in [5.74, 6) is -3.50. The van der Waals surface area contributed by atoms with E-state index in [9.17, 15) is 24.6 Å². The highest BCUT2D eigenvalue weighted by molar-refractivity contribution is 5.98. The highest BCUT2D eigenvalue weighted by atomic mass is 16.4. The Balaban J connectivity index is 2.33. The Morgan fingerprint density at radius 2 is 1.90 bits per heavy atom. The zero-order valence-corrected chi connectivity index (χ0v) is 10.9. The molecule has 0 bridgehead atoms. The molecule has 1 aromatic rings. The number of amides is 1. The van der Waals surface area contributed by atoms with E-state index in [4.69, 9.17) is 5.11 Å². The first kappa shape index (κ1) is 14.8. The minimum Gasteiger partial charge on any atom is -0.508 e. The number of phenols is 1. The van der Waals surface area contributed by atoms with Gasteiger partial charge in [0.15, 0.2) is 6.04 Å². The number of phenolic OH excluding ortho intramolecular Hbond substituents is 1. The summed E-state index contributed by atoms with van der Waals surface area (Å²) in [6.07, 6.45) is 0. The summed E-state index contributed by atoms with van der Waals surface area (Å²) in [7, 11) is 0. The van der Waals surface area contributed by atoms with Gasteiger partial charge in [0.05, 0.1) is 0 Å². The van der Waals surface area contributed by atoms with Crippen LogP contribution in [0.5, 0.6) is 5.75 Å². The van der Waals surface area contributed by atoms with E-state index in [1.807, 2.05) is 0 Å². The van der Waals surface area contributed by atoms with Crippen molar-refractivity contribution >= 4 is 17.8 Å². The number of hydrogen-bond donors (Lipinski definition) is 4. The molecular formula is C13H14N2O6. The van der Waals surface area contributed by atoms with E-state index in [2.05, 4.69) is 5.32 Å². The van der Waals surface area contributed by atoms with Crippen molar-refractivity contribution in [3.63, 3.8) is 0 Å². The monoisotopic (exact) mass is 294 g/mol. The topological polar surface area (TPSA) is 127 Å². The van der Waals surface area contributed by atoms with Crippen LogP contribution in [0.4, 0.5) is 0 Å². The molecule has 0 aliphatic carbocycles. The molecule has 8 heteroatoms. The number of benzene rings is 1. The lowest BCUT2D eigenvalue weighted by atomic mass is 10.0. The van der Waals surface area contributed by atoms with E-state index >= 15 is 0 Å². The van der Waals surface area contributed by atoms with Crippen LogP contribution >= 0.6 is 0 Å². The van der Waals surface area contributed by atoms with Crippen LogP contribution < -0.4 is 5.32 Å². The first-order chi connectivity index (χ1) is 9.91. The molecule has 2 atom stereocenters. The van der Waals surface area contributed by atoms with Gasteiger partial charge in [-0.15, -0.1) is 0 Å². The zero-order valence-electron chi connectivity index (χ0n) is 10.9. The van der Waals surface area contributed by atoms with Crippen LogP contribution in [-0.2, 0) is 9.59 Å². The molecule has 0 radical (unpaired) electrons. The predicted molar refractivity (Wildman–Crippen MR) is 70.0 cm³/mol. The number of nitrogens with zero attached hydrogens (tertiary/aromatic N) is 1. The van der Waals surface area contributed by atoms with Gasteiger partial charge in [-0.1, -0.05) is 6.07 Å². The molecule has 2 rings (SSSR count). The van der Waals surface area contributed by atoms with Gasteiger partial charge >= 0.3 is 11.9 Å². The normalized spacial score (nSPS) is 21.8. The molecule has 112 valence electrons. The van der Waals surface area contributed by atoms with Crippen molar-refractivity contribution in [2.75, 3.05) is 13.1 Å². The molecule has 1 heterocycles. The first-order valence-corrected chi connectivity index (χ1v) is 6.21. The van der Waals surface area contributed by atoms with Gasteiger partial charge in [-0.3, -0.25) is 9.59 Å². The van der Waals surface area contributed by atoms with E-state index in [1.165, 1.54) is 24.3 Å².